The molecule has 0 spiro atoms. The molecule has 116 valence electrons. The monoisotopic (exact) mass is 292 g/mol. The van der Waals surface area contributed by atoms with Crippen molar-refractivity contribution in [3.63, 3.8) is 0 Å². The van der Waals surface area contributed by atoms with Crippen molar-refractivity contribution in [2.75, 3.05) is 32.0 Å². The number of carbonyl (C=O) groups is 1. The second-order valence-corrected chi connectivity index (χ2v) is 5.90. The van der Waals surface area contributed by atoms with E-state index in [2.05, 4.69) is 27.5 Å². The summed E-state index contributed by atoms with van der Waals surface area (Å²) >= 11 is 0. The number of nitrogens with one attached hydrogen (secondary N) is 1. The molecule has 1 aromatic heterocycles. The largest absolute Gasteiger partial charge is 0.478 e. The number of hydrogen-bond donors (Lipinski definition) is 2. The maximum atomic E-state index is 11.4. The first-order chi connectivity index (χ1) is 9.99. The molecule has 1 fully saturated rings. The Morgan fingerprint density at radius 2 is 2.00 bits per heavy atom. The Hall–Kier alpha value is -1.69. The molecule has 0 aliphatic carbocycles. The van der Waals surface area contributed by atoms with E-state index in [-0.39, 0.29) is 5.56 Å². The molecular weight excluding hydrogens is 268 g/mol. The zero-order valence-corrected chi connectivity index (χ0v) is 13.0. The number of nitrogens with zero attached hydrogens (tertiary/aromatic N) is 3. The van der Waals surface area contributed by atoms with Crippen LogP contribution in [0.4, 0.5) is 5.82 Å². The lowest BCUT2D eigenvalue weighted by Crippen LogP contribution is -2.31. The van der Waals surface area contributed by atoms with Gasteiger partial charge in [-0.3, -0.25) is 0 Å². The SMILES string of the molecule is Cc1nnc(NCCC2CCN(C)CC2)c(C(=O)O)c1C. The van der Waals surface area contributed by atoms with Gasteiger partial charge in [-0.1, -0.05) is 0 Å². The molecule has 0 aromatic carbocycles. The van der Waals surface area contributed by atoms with Gasteiger partial charge in [-0.05, 0) is 64.7 Å². The third kappa shape index (κ3) is 3.91. The van der Waals surface area contributed by atoms with E-state index in [0.29, 0.717) is 23.0 Å². The molecule has 6 nitrogen and oxygen atoms in total. The standard InChI is InChI=1S/C15H24N4O2/c1-10-11(2)17-18-14(13(10)15(20)21)16-7-4-12-5-8-19(3)9-6-12/h12H,4-9H2,1-3H3,(H,16,18)(H,20,21). The van der Waals surface area contributed by atoms with Gasteiger partial charge in [0.25, 0.3) is 0 Å². The Morgan fingerprint density at radius 1 is 1.33 bits per heavy atom. The molecule has 0 amide bonds. The molecule has 1 aliphatic heterocycles. The summed E-state index contributed by atoms with van der Waals surface area (Å²) in [5.74, 6) is 0.146. The maximum absolute atomic E-state index is 11.4. The third-order valence-corrected chi connectivity index (χ3v) is 4.35. The summed E-state index contributed by atoms with van der Waals surface area (Å²) < 4.78 is 0. The minimum Gasteiger partial charge on any atom is -0.478 e. The van der Waals surface area contributed by atoms with Gasteiger partial charge < -0.3 is 15.3 Å². The van der Waals surface area contributed by atoms with Crippen molar-refractivity contribution in [1.82, 2.24) is 15.1 Å². The van der Waals surface area contributed by atoms with Gasteiger partial charge in [0.05, 0.1) is 5.69 Å². The van der Waals surface area contributed by atoms with Crippen LogP contribution in [-0.4, -0.2) is 52.9 Å². The van der Waals surface area contributed by atoms with Crippen LogP contribution < -0.4 is 5.32 Å². The van der Waals surface area contributed by atoms with E-state index in [4.69, 9.17) is 0 Å². The van der Waals surface area contributed by atoms with E-state index in [1.807, 2.05) is 0 Å². The van der Waals surface area contributed by atoms with Crippen molar-refractivity contribution in [1.29, 1.82) is 0 Å². The summed E-state index contributed by atoms with van der Waals surface area (Å²) in [6, 6.07) is 0. The zero-order valence-electron chi connectivity index (χ0n) is 13.0. The van der Waals surface area contributed by atoms with E-state index in [1.54, 1.807) is 13.8 Å². The number of hydrogen-bond acceptors (Lipinski definition) is 5. The molecule has 2 rings (SSSR count). The molecule has 21 heavy (non-hydrogen) atoms. The first-order valence-electron chi connectivity index (χ1n) is 7.48. The number of aromatic carboxylic acids is 1. The van der Waals surface area contributed by atoms with Gasteiger partial charge in [-0.25, -0.2) is 4.79 Å². The summed E-state index contributed by atoms with van der Waals surface area (Å²) in [5, 5.41) is 20.5. The summed E-state index contributed by atoms with van der Waals surface area (Å²) in [5.41, 5.74) is 1.58. The minimum absolute atomic E-state index is 0.242. The molecule has 1 aliphatic rings. The average Bonchev–Trinajstić information content (AvgIpc) is 2.44. The highest BCUT2D eigenvalue weighted by Crippen LogP contribution is 2.21. The van der Waals surface area contributed by atoms with Crippen LogP contribution in [0.25, 0.3) is 0 Å². The van der Waals surface area contributed by atoms with Crippen molar-refractivity contribution in [2.24, 2.45) is 5.92 Å². The molecule has 2 heterocycles. The van der Waals surface area contributed by atoms with Crippen LogP contribution in [0.1, 0.15) is 40.9 Å². The van der Waals surface area contributed by atoms with E-state index < -0.39 is 5.97 Å². The molecule has 0 atom stereocenters. The maximum Gasteiger partial charge on any atom is 0.339 e. The number of likely N-dealkylation sites (tertiary alicyclic amines) is 1. The fourth-order valence-corrected chi connectivity index (χ4v) is 2.74. The van der Waals surface area contributed by atoms with Gasteiger partial charge in [0.2, 0.25) is 0 Å². The Bertz CT molecular complexity index is 511. The van der Waals surface area contributed by atoms with Gasteiger partial charge in [0.15, 0.2) is 5.82 Å². The summed E-state index contributed by atoms with van der Waals surface area (Å²) in [4.78, 5) is 13.7. The second-order valence-electron chi connectivity index (χ2n) is 5.90. The van der Waals surface area contributed by atoms with Gasteiger partial charge in [-0.2, -0.15) is 5.10 Å². The van der Waals surface area contributed by atoms with Crippen LogP contribution in [-0.2, 0) is 0 Å². The number of piperidine rings is 1. The van der Waals surface area contributed by atoms with E-state index in [9.17, 15) is 9.90 Å². The van der Waals surface area contributed by atoms with Gasteiger partial charge in [0, 0.05) is 6.54 Å². The van der Waals surface area contributed by atoms with Crippen LogP contribution in [0.2, 0.25) is 0 Å². The second kappa shape index (κ2) is 6.85. The number of aryl methyl sites for hydroxylation is 1. The van der Waals surface area contributed by atoms with Crippen molar-refractivity contribution in [3.05, 3.63) is 16.8 Å². The Labute approximate surface area is 125 Å². The molecule has 2 N–H and O–H groups in total. The highest BCUT2D eigenvalue weighted by Gasteiger charge is 2.19. The first-order valence-corrected chi connectivity index (χ1v) is 7.48. The lowest BCUT2D eigenvalue weighted by Gasteiger charge is -2.28. The molecule has 0 saturated carbocycles. The summed E-state index contributed by atoms with van der Waals surface area (Å²) in [7, 11) is 2.15. The molecular formula is C15H24N4O2. The molecule has 0 bridgehead atoms. The average molecular weight is 292 g/mol. The number of rotatable bonds is 5. The summed E-state index contributed by atoms with van der Waals surface area (Å²) in [6.07, 6.45) is 3.46. The van der Waals surface area contributed by atoms with Crippen molar-refractivity contribution < 1.29 is 9.90 Å². The van der Waals surface area contributed by atoms with Gasteiger partial charge in [-0.15, -0.1) is 5.10 Å². The number of carboxylic acids is 1. The topological polar surface area (TPSA) is 78.4 Å². The normalized spacial score (nSPS) is 16.9. The van der Waals surface area contributed by atoms with Crippen molar-refractivity contribution in [2.45, 2.75) is 33.1 Å². The lowest BCUT2D eigenvalue weighted by molar-refractivity contribution is 0.0696. The van der Waals surface area contributed by atoms with Crippen LogP contribution in [0.3, 0.4) is 0 Å². The van der Waals surface area contributed by atoms with Crippen molar-refractivity contribution >= 4 is 11.8 Å². The van der Waals surface area contributed by atoms with E-state index >= 15 is 0 Å². The Morgan fingerprint density at radius 3 is 2.62 bits per heavy atom. The fourth-order valence-electron chi connectivity index (χ4n) is 2.74. The summed E-state index contributed by atoms with van der Waals surface area (Å²) in [6.45, 7) is 6.58. The van der Waals surface area contributed by atoms with Crippen LogP contribution >= 0.6 is 0 Å². The number of aromatic nitrogens is 2. The predicted molar refractivity (Wildman–Crippen MR) is 81.8 cm³/mol. The van der Waals surface area contributed by atoms with Crippen LogP contribution in [0, 0.1) is 19.8 Å². The van der Waals surface area contributed by atoms with E-state index in [0.717, 1.165) is 26.1 Å². The quantitative estimate of drug-likeness (QED) is 0.863. The third-order valence-electron chi connectivity index (χ3n) is 4.35. The highest BCUT2D eigenvalue weighted by molar-refractivity contribution is 5.94. The lowest BCUT2D eigenvalue weighted by atomic mass is 9.94. The molecule has 1 saturated heterocycles. The molecule has 6 heteroatoms. The number of carboxylic acid groups (broad SMARTS) is 1. The van der Waals surface area contributed by atoms with Crippen molar-refractivity contribution in [3.8, 4) is 0 Å². The molecule has 0 unspecified atom stereocenters. The van der Waals surface area contributed by atoms with Gasteiger partial charge >= 0.3 is 5.97 Å². The number of anilines is 1. The van der Waals surface area contributed by atoms with E-state index in [1.165, 1.54) is 12.8 Å². The molecule has 0 radical (unpaired) electrons. The molecule has 1 aromatic rings. The van der Waals surface area contributed by atoms with Gasteiger partial charge in [0.1, 0.15) is 5.56 Å². The zero-order chi connectivity index (χ0) is 15.4. The fraction of sp³-hybridized carbons (Fsp3) is 0.667. The Balaban J connectivity index is 1.94. The highest BCUT2D eigenvalue weighted by atomic mass is 16.4. The first kappa shape index (κ1) is 15.7. The van der Waals surface area contributed by atoms with Crippen LogP contribution in [0.5, 0.6) is 0 Å². The predicted octanol–water partition coefficient (Wildman–Crippen LogP) is 1.94. The van der Waals surface area contributed by atoms with Crippen LogP contribution in [0.15, 0.2) is 0 Å². The smallest absolute Gasteiger partial charge is 0.339 e. The minimum atomic E-state index is -0.952. The Kier molecular flexibility index (Phi) is 5.12.